The zero-order chi connectivity index (χ0) is 14.8. The largest absolute Gasteiger partial charge is 0.353 e. The van der Waals surface area contributed by atoms with Crippen LogP contribution >= 0.6 is 0 Å². The van der Waals surface area contributed by atoms with Crippen molar-refractivity contribution < 1.29 is 9.59 Å². The van der Waals surface area contributed by atoms with Crippen LogP contribution in [0.4, 0.5) is 0 Å². The second-order valence-corrected chi connectivity index (χ2v) is 5.70. The molecule has 3 heterocycles. The number of aromatic nitrogens is 2. The SMILES string of the molecule is Cn1cc(CCC(=O)N2CCN3CCNC(=O)[C@H]3C2)cn1. The molecule has 114 valence electrons. The molecule has 3 rings (SSSR count). The van der Waals surface area contributed by atoms with Gasteiger partial charge in [0, 0.05) is 52.4 Å². The van der Waals surface area contributed by atoms with Gasteiger partial charge in [-0.05, 0) is 12.0 Å². The van der Waals surface area contributed by atoms with Crippen molar-refractivity contribution >= 4 is 11.8 Å². The highest BCUT2D eigenvalue weighted by Crippen LogP contribution is 2.14. The monoisotopic (exact) mass is 291 g/mol. The number of hydrogen-bond acceptors (Lipinski definition) is 4. The topological polar surface area (TPSA) is 70.5 Å². The van der Waals surface area contributed by atoms with Crippen molar-refractivity contribution in [2.24, 2.45) is 7.05 Å². The van der Waals surface area contributed by atoms with Crippen LogP contribution in [0, 0.1) is 0 Å². The lowest BCUT2D eigenvalue weighted by Gasteiger charge is -2.43. The zero-order valence-corrected chi connectivity index (χ0v) is 12.3. The minimum absolute atomic E-state index is 0.0472. The Morgan fingerprint density at radius 2 is 2.29 bits per heavy atom. The van der Waals surface area contributed by atoms with Gasteiger partial charge in [-0.1, -0.05) is 0 Å². The van der Waals surface area contributed by atoms with Gasteiger partial charge in [0.2, 0.25) is 11.8 Å². The fourth-order valence-electron chi connectivity index (χ4n) is 3.01. The zero-order valence-electron chi connectivity index (χ0n) is 12.3. The Hall–Kier alpha value is -1.89. The van der Waals surface area contributed by atoms with E-state index in [9.17, 15) is 9.59 Å². The molecule has 2 amide bonds. The van der Waals surface area contributed by atoms with Gasteiger partial charge in [-0.2, -0.15) is 5.10 Å². The summed E-state index contributed by atoms with van der Waals surface area (Å²) in [6, 6.07) is -0.171. The van der Waals surface area contributed by atoms with Crippen LogP contribution in [-0.4, -0.2) is 70.2 Å². The van der Waals surface area contributed by atoms with Crippen LogP contribution in [0.3, 0.4) is 0 Å². The van der Waals surface area contributed by atoms with Crippen molar-refractivity contribution in [3.05, 3.63) is 18.0 Å². The molecule has 2 aliphatic heterocycles. The molecule has 0 aliphatic carbocycles. The van der Waals surface area contributed by atoms with Crippen LogP contribution < -0.4 is 5.32 Å². The van der Waals surface area contributed by atoms with Gasteiger partial charge in [-0.25, -0.2) is 0 Å². The molecule has 2 saturated heterocycles. The highest BCUT2D eigenvalue weighted by atomic mass is 16.2. The standard InChI is InChI=1S/C14H21N5O2/c1-17-9-11(8-16-17)2-3-13(20)19-7-6-18-5-4-15-14(21)12(18)10-19/h8-9,12H,2-7,10H2,1H3,(H,15,21)/t12-/m1/s1. The number of nitrogens with zero attached hydrogens (tertiary/aromatic N) is 4. The van der Waals surface area contributed by atoms with Crippen LogP contribution in [-0.2, 0) is 23.1 Å². The maximum atomic E-state index is 12.3. The summed E-state index contributed by atoms with van der Waals surface area (Å²) in [6.07, 6.45) is 4.89. The molecule has 1 atom stereocenters. The Kier molecular flexibility index (Phi) is 3.92. The van der Waals surface area contributed by atoms with Gasteiger partial charge in [0.25, 0.3) is 0 Å². The summed E-state index contributed by atoms with van der Waals surface area (Å²) in [5.74, 6) is 0.169. The van der Waals surface area contributed by atoms with E-state index in [2.05, 4.69) is 15.3 Å². The number of nitrogens with one attached hydrogen (secondary N) is 1. The van der Waals surface area contributed by atoms with Gasteiger partial charge >= 0.3 is 0 Å². The molecule has 0 aromatic carbocycles. The Balaban J connectivity index is 1.54. The van der Waals surface area contributed by atoms with E-state index >= 15 is 0 Å². The lowest BCUT2D eigenvalue weighted by molar-refractivity contribution is -0.139. The van der Waals surface area contributed by atoms with Crippen LogP contribution in [0.15, 0.2) is 12.4 Å². The van der Waals surface area contributed by atoms with E-state index in [1.54, 1.807) is 10.9 Å². The Bertz CT molecular complexity index is 541. The molecule has 2 aliphatic rings. The Morgan fingerprint density at radius 1 is 1.43 bits per heavy atom. The summed E-state index contributed by atoms with van der Waals surface area (Å²) >= 11 is 0. The molecule has 1 aromatic rings. The molecular weight excluding hydrogens is 270 g/mol. The van der Waals surface area contributed by atoms with E-state index in [0.717, 1.165) is 25.2 Å². The average molecular weight is 291 g/mol. The predicted molar refractivity (Wildman–Crippen MR) is 76.5 cm³/mol. The maximum absolute atomic E-state index is 12.3. The van der Waals surface area contributed by atoms with Gasteiger partial charge in [-0.15, -0.1) is 0 Å². The number of amides is 2. The van der Waals surface area contributed by atoms with Crippen molar-refractivity contribution in [1.29, 1.82) is 0 Å². The van der Waals surface area contributed by atoms with Crippen LogP contribution in [0.25, 0.3) is 0 Å². The minimum atomic E-state index is -0.171. The molecule has 0 spiro atoms. The summed E-state index contributed by atoms with van der Waals surface area (Å²) in [7, 11) is 1.87. The van der Waals surface area contributed by atoms with Crippen molar-refractivity contribution in [3.8, 4) is 0 Å². The maximum Gasteiger partial charge on any atom is 0.239 e. The molecule has 2 fully saturated rings. The van der Waals surface area contributed by atoms with E-state index in [4.69, 9.17) is 0 Å². The quantitative estimate of drug-likeness (QED) is 0.775. The fourth-order valence-corrected chi connectivity index (χ4v) is 3.01. The molecule has 1 N–H and O–H groups in total. The van der Waals surface area contributed by atoms with Crippen molar-refractivity contribution in [2.45, 2.75) is 18.9 Å². The highest BCUT2D eigenvalue weighted by molar-refractivity contribution is 5.84. The third kappa shape index (κ3) is 3.07. The molecular formula is C14H21N5O2. The van der Waals surface area contributed by atoms with Gasteiger partial charge < -0.3 is 10.2 Å². The molecule has 21 heavy (non-hydrogen) atoms. The summed E-state index contributed by atoms with van der Waals surface area (Å²) in [5, 5.41) is 6.97. The van der Waals surface area contributed by atoms with Gasteiger partial charge in [0.15, 0.2) is 0 Å². The van der Waals surface area contributed by atoms with E-state index in [1.807, 2.05) is 18.1 Å². The smallest absolute Gasteiger partial charge is 0.239 e. The van der Waals surface area contributed by atoms with Crippen LogP contribution in [0.5, 0.6) is 0 Å². The molecule has 1 aromatic heterocycles. The first-order chi connectivity index (χ1) is 10.1. The molecule has 7 nitrogen and oxygen atoms in total. The third-order valence-corrected chi connectivity index (χ3v) is 4.23. The summed E-state index contributed by atoms with van der Waals surface area (Å²) in [5.41, 5.74) is 1.07. The number of rotatable bonds is 3. The number of fused-ring (bicyclic) bond motifs is 1. The summed E-state index contributed by atoms with van der Waals surface area (Å²) < 4.78 is 1.74. The van der Waals surface area contributed by atoms with Gasteiger partial charge in [0.05, 0.1) is 6.20 Å². The normalized spacial score (nSPS) is 22.8. The van der Waals surface area contributed by atoms with Gasteiger partial charge in [-0.3, -0.25) is 19.2 Å². The summed E-state index contributed by atoms with van der Waals surface area (Å²) in [6.45, 7) is 3.61. The first-order valence-corrected chi connectivity index (χ1v) is 7.40. The molecule has 0 radical (unpaired) electrons. The summed E-state index contributed by atoms with van der Waals surface area (Å²) in [4.78, 5) is 28.2. The molecule has 0 saturated carbocycles. The van der Waals surface area contributed by atoms with Crippen LogP contribution in [0.2, 0.25) is 0 Å². The van der Waals surface area contributed by atoms with Crippen molar-refractivity contribution in [1.82, 2.24) is 24.9 Å². The first kappa shape index (κ1) is 14.1. The number of hydrogen-bond donors (Lipinski definition) is 1. The van der Waals surface area contributed by atoms with E-state index in [-0.39, 0.29) is 17.9 Å². The number of carbonyl (C=O) groups excluding carboxylic acids is 2. The van der Waals surface area contributed by atoms with Gasteiger partial charge in [0.1, 0.15) is 6.04 Å². The number of carbonyl (C=O) groups is 2. The fraction of sp³-hybridized carbons (Fsp3) is 0.643. The Labute approximate surface area is 123 Å². The van der Waals surface area contributed by atoms with E-state index in [0.29, 0.717) is 25.9 Å². The molecule has 0 unspecified atom stereocenters. The molecule has 7 heteroatoms. The third-order valence-electron chi connectivity index (χ3n) is 4.23. The second kappa shape index (κ2) is 5.85. The minimum Gasteiger partial charge on any atom is -0.353 e. The number of aryl methyl sites for hydroxylation is 2. The van der Waals surface area contributed by atoms with Crippen molar-refractivity contribution in [3.63, 3.8) is 0 Å². The van der Waals surface area contributed by atoms with E-state index < -0.39 is 0 Å². The lowest BCUT2D eigenvalue weighted by Crippen LogP contribution is -2.64. The van der Waals surface area contributed by atoms with Crippen molar-refractivity contribution in [2.75, 3.05) is 32.7 Å². The average Bonchev–Trinajstić information content (AvgIpc) is 2.90. The highest BCUT2D eigenvalue weighted by Gasteiger charge is 2.35. The predicted octanol–water partition coefficient (Wildman–Crippen LogP) is -1.00. The van der Waals surface area contributed by atoms with Crippen LogP contribution in [0.1, 0.15) is 12.0 Å². The number of piperazine rings is 2. The second-order valence-electron chi connectivity index (χ2n) is 5.70. The lowest BCUT2D eigenvalue weighted by atomic mass is 10.1. The first-order valence-electron chi connectivity index (χ1n) is 7.40. The van der Waals surface area contributed by atoms with E-state index in [1.165, 1.54) is 0 Å². The molecule has 0 bridgehead atoms. The Morgan fingerprint density at radius 3 is 3.05 bits per heavy atom.